The Morgan fingerprint density at radius 2 is 1.52 bits per heavy atom. The van der Waals surface area contributed by atoms with Crippen molar-refractivity contribution in [3.05, 3.63) is 71.8 Å². The van der Waals surface area contributed by atoms with Crippen LogP contribution in [0.2, 0.25) is 0 Å². The predicted molar refractivity (Wildman–Crippen MR) is 99.1 cm³/mol. The second-order valence-corrected chi connectivity index (χ2v) is 7.43. The molecular formula is C22H25NO2. The van der Waals surface area contributed by atoms with E-state index in [2.05, 4.69) is 6.07 Å². The van der Waals surface area contributed by atoms with Gasteiger partial charge < -0.3 is 4.74 Å². The van der Waals surface area contributed by atoms with Gasteiger partial charge in [0.1, 0.15) is 5.60 Å². The van der Waals surface area contributed by atoms with E-state index < -0.39 is 11.0 Å². The quantitative estimate of drug-likeness (QED) is 0.724. The third-order valence-corrected chi connectivity index (χ3v) is 4.30. The van der Waals surface area contributed by atoms with E-state index in [0.717, 1.165) is 11.1 Å². The largest absolute Gasteiger partial charge is 0.460 e. The molecule has 2 aromatic rings. The van der Waals surface area contributed by atoms with Crippen LogP contribution in [0.3, 0.4) is 0 Å². The fourth-order valence-electron chi connectivity index (χ4n) is 3.02. The summed E-state index contributed by atoms with van der Waals surface area (Å²) in [7, 11) is 0. The summed E-state index contributed by atoms with van der Waals surface area (Å²) in [5, 5.41) is 10.0. The van der Waals surface area contributed by atoms with E-state index in [1.807, 2.05) is 88.4 Å². The van der Waals surface area contributed by atoms with Gasteiger partial charge in [-0.3, -0.25) is 4.79 Å². The van der Waals surface area contributed by atoms with Crippen LogP contribution in [0.1, 0.15) is 51.2 Å². The third-order valence-electron chi connectivity index (χ3n) is 4.30. The van der Waals surface area contributed by atoms with Crippen molar-refractivity contribution in [2.75, 3.05) is 0 Å². The molecule has 2 aromatic carbocycles. The van der Waals surface area contributed by atoms with Crippen LogP contribution in [0.4, 0.5) is 0 Å². The molecule has 0 aromatic heterocycles. The number of rotatable bonds is 5. The van der Waals surface area contributed by atoms with Crippen LogP contribution in [0.15, 0.2) is 60.7 Å². The highest BCUT2D eigenvalue weighted by molar-refractivity contribution is 5.72. The minimum absolute atomic E-state index is 0.153. The number of esters is 1. The lowest BCUT2D eigenvalue weighted by molar-refractivity contribution is -0.155. The summed E-state index contributed by atoms with van der Waals surface area (Å²) in [6.45, 7) is 7.44. The highest BCUT2D eigenvalue weighted by Gasteiger charge is 2.39. The van der Waals surface area contributed by atoms with Crippen LogP contribution in [0, 0.1) is 11.3 Å². The number of nitrogens with zero attached hydrogens (tertiary/aromatic N) is 1. The van der Waals surface area contributed by atoms with E-state index in [9.17, 15) is 10.1 Å². The first-order chi connectivity index (χ1) is 11.8. The lowest BCUT2D eigenvalue weighted by Gasteiger charge is -2.33. The molecule has 3 nitrogen and oxygen atoms in total. The van der Waals surface area contributed by atoms with Gasteiger partial charge in [-0.1, -0.05) is 60.7 Å². The van der Waals surface area contributed by atoms with Crippen LogP contribution >= 0.6 is 0 Å². The van der Waals surface area contributed by atoms with Gasteiger partial charge in [-0.2, -0.15) is 5.26 Å². The maximum absolute atomic E-state index is 12.5. The predicted octanol–water partition coefficient (Wildman–Crippen LogP) is 4.98. The number of ether oxygens (including phenoxy) is 1. The molecule has 0 bridgehead atoms. The Labute approximate surface area is 150 Å². The van der Waals surface area contributed by atoms with Gasteiger partial charge in [-0.05, 0) is 38.8 Å². The summed E-state index contributed by atoms with van der Waals surface area (Å²) < 4.78 is 5.52. The molecule has 0 unspecified atom stereocenters. The van der Waals surface area contributed by atoms with E-state index in [0.29, 0.717) is 0 Å². The maximum Gasteiger partial charge on any atom is 0.306 e. The first kappa shape index (κ1) is 18.7. The SMILES string of the molecule is CC(C)(C)OC(=O)C[C@@H](c1ccccc1)[C@](C)(C#N)c1ccccc1. The Kier molecular flexibility index (Phi) is 5.64. The normalized spacial score (nSPS) is 14.8. The van der Waals surface area contributed by atoms with Crippen molar-refractivity contribution in [2.45, 2.75) is 51.0 Å². The number of nitriles is 1. The third kappa shape index (κ3) is 4.70. The molecule has 0 aliphatic rings. The molecule has 2 atom stereocenters. The van der Waals surface area contributed by atoms with Crippen molar-refractivity contribution in [3.8, 4) is 6.07 Å². The van der Waals surface area contributed by atoms with Gasteiger partial charge in [0.05, 0.1) is 17.9 Å². The van der Waals surface area contributed by atoms with E-state index in [-0.39, 0.29) is 18.3 Å². The highest BCUT2D eigenvalue weighted by atomic mass is 16.6. The van der Waals surface area contributed by atoms with Crippen LogP contribution < -0.4 is 0 Å². The minimum atomic E-state index is -0.834. The summed E-state index contributed by atoms with van der Waals surface area (Å²) in [4.78, 5) is 12.5. The zero-order valence-corrected chi connectivity index (χ0v) is 15.3. The van der Waals surface area contributed by atoms with E-state index in [1.165, 1.54) is 0 Å². The molecule has 130 valence electrons. The van der Waals surface area contributed by atoms with E-state index in [4.69, 9.17) is 4.74 Å². The second-order valence-electron chi connectivity index (χ2n) is 7.43. The summed E-state index contributed by atoms with van der Waals surface area (Å²) in [6, 6.07) is 21.8. The first-order valence-electron chi connectivity index (χ1n) is 8.50. The minimum Gasteiger partial charge on any atom is -0.460 e. The average molecular weight is 335 g/mol. The van der Waals surface area contributed by atoms with Gasteiger partial charge in [0.2, 0.25) is 0 Å². The van der Waals surface area contributed by atoms with Crippen molar-refractivity contribution >= 4 is 5.97 Å². The fraction of sp³-hybridized carbons (Fsp3) is 0.364. The number of hydrogen-bond acceptors (Lipinski definition) is 3. The number of carbonyl (C=O) groups is 1. The van der Waals surface area contributed by atoms with Crippen molar-refractivity contribution in [2.24, 2.45) is 0 Å². The summed E-state index contributed by atoms with van der Waals surface area (Å²) in [6.07, 6.45) is 0.153. The zero-order chi connectivity index (χ0) is 18.5. The van der Waals surface area contributed by atoms with Gasteiger partial charge in [0.15, 0.2) is 0 Å². The van der Waals surface area contributed by atoms with E-state index in [1.54, 1.807) is 0 Å². The monoisotopic (exact) mass is 335 g/mol. The fourth-order valence-corrected chi connectivity index (χ4v) is 3.02. The van der Waals surface area contributed by atoms with Crippen LogP contribution in [0.5, 0.6) is 0 Å². The zero-order valence-electron chi connectivity index (χ0n) is 15.3. The molecule has 0 amide bonds. The molecule has 0 radical (unpaired) electrons. The molecule has 0 aliphatic heterocycles. The standard InChI is InChI=1S/C22H25NO2/c1-21(2,3)25-20(24)15-19(17-11-7-5-8-12-17)22(4,16-23)18-13-9-6-10-14-18/h5-14,19H,15H2,1-4H3/t19-,22+/m0/s1. The van der Waals surface area contributed by atoms with Crippen molar-refractivity contribution in [1.29, 1.82) is 5.26 Å². The van der Waals surface area contributed by atoms with Crippen molar-refractivity contribution in [3.63, 3.8) is 0 Å². The second kappa shape index (κ2) is 7.53. The Morgan fingerprint density at radius 1 is 1.00 bits per heavy atom. The molecule has 0 aliphatic carbocycles. The molecule has 0 saturated heterocycles. The van der Waals surface area contributed by atoms with Crippen LogP contribution in [-0.4, -0.2) is 11.6 Å². The summed E-state index contributed by atoms with van der Waals surface area (Å²) >= 11 is 0. The van der Waals surface area contributed by atoms with Crippen molar-refractivity contribution in [1.82, 2.24) is 0 Å². The summed E-state index contributed by atoms with van der Waals surface area (Å²) in [5.41, 5.74) is 0.476. The first-order valence-corrected chi connectivity index (χ1v) is 8.50. The van der Waals surface area contributed by atoms with Gasteiger partial charge >= 0.3 is 5.97 Å². The molecule has 0 N–H and O–H groups in total. The Morgan fingerprint density at radius 3 is 2.00 bits per heavy atom. The van der Waals surface area contributed by atoms with Gasteiger partial charge in [0.25, 0.3) is 0 Å². The Bertz CT molecular complexity index is 741. The Hall–Kier alpha value is -2.60. The number of hydrogen-bond donors (Lipinski definition) is 0. The van der Waals surface area contributed by atoms with Gasteiger partial charge in [-0.25, -0.2) is 0 Å². The molecule has 0 spiro atoms. The van der Waals surface area contributed by atoms with Crippen LogP contribution in [0.25, 0.3) is 0 Å². The number of benzene rings is 2. The molecule has 0 heterocycles. The average Bonchev–Trinajstić information content (AvgIpc) is 2.59. The lowest BCUT2D eigenvalue weighted by Crippen LogP contribution is -2.33. The van der Waals surface area contributed by atoms with Crippen LogP contribution in [-0.2, 0) is 14.9 Å². The van der Waals surface area contributed by atoms with Crippen molar-refractivity contribution < 1.29 is 9.53 Å². The molecule has 2 rings (SSSR count). The van der Waals surface area contributed by atoms with Gasteiger partial charge in [0, 0.05) is 5.92 Å². The smallest absolute Gasteiger partial charge is 0.306 e. The van der Waals surface area contributed by atoms with E-state index >= 15 is 0 Å². The molecule has 0 saturated carbocycles. The van der Waals surface area contributed by atoms with Gasteiger partial charge in [-0.15, -0.1) is 0 Å². The molecule has 0 fully saturated rings. The topological polar surface area (TPSA) is 50.1 Å². The number of carbonyl (C=O) groups excluding carboxylic acids is 1. The lowest BCUT2D eigenvalue weighted by atomic mass is 9.68. The highest BCUT2D eigenvalue weighted by Crippen LogP contribution is 2.41. The summed E-state index contributed by atoms with van der Waals surface area (Å²) in [5.74, 6) is -0.588. The molecule has 25 heavy (non-hydrogen) atoms. The maximum atomic E-state index is 12.5. The Balaban J connectivity index is 2.44. The molecule has 3 heteroatoms. The molecular weight excluding hydrogens is 310 g/mol.